The lowest BCUT2D eigenvalue weighted by atomic mass is 9.92. The second kappa shape index (κ2) is 11.0. The lowest BCUT2D eigenvalue weighted by Crippen LogP contribution is -2.40. The average Bonchev–Trinajstić information content (AvgIpc) is 3.04. The maximum Gasteiger partial charge on any atom is 0.276 e. The molecule has 1 aliphatic rings. The fourth-order valence-corrected chi connectivity index (χ4v) is 5.59. The molecule has 1 saturated heterocycles. The van der Waals surface area contributed by atoms with Crippen LogP contribution in [0.1, 0.15) is 43.6 Å². The van der Waals surface area contributed by atoms with Gasteiger partial charge in [-0.25, -0.2) is 4.68 Å². The number of rotatable bonds is 8. The van der Waals surface area contributed by atoms with Crippen molar-refractivity contribution in [3.05, 3.63) is 62.8 Å². The predicted octanol–water partition coefficient (Wildman–Crippen LogP) is 4.00. The van der Waals surface area contributed by atoms with Crippen LogP contribution in [0.4, 0.5) is 0 Å². The largest absolute Gasteiger partial charge is 0.354 e. The van der Waals surface area contributed by atoms with Crippen molar-refractivity contribution in [1.29, 1.82) is 0 Å². The Morgan fingerprint density at radius 3 is 2.49 bits per heavy atom. The normalized spacial score (nSPS) is 18.8. The number of hydrogen-bond acceptors (Lipinski definition) is 4. The number of halogens is 1. The topological polar surface area (TPSA) is 72.2 Å². The monoisotopic (exact) mass is 497 g/mol. The SMILES string of the molecule is Cc1c2cnn(CC(=O)NCCCN3CC(C)CC(C)C3)c(=O)c2c(C)n1Cc1ccc(Cl)cc1. The van der Waals surface area contributed by atoms with Gasteiger partial charge in [0.25, 0.3) is 5.56 Å². The van der Waals surface area contributed by atoms with E-state index in [1.807, 2.05) is 38.1 Å². The molecule has 1 amide bonds. The fourth-order valence-electron chi connectivity index (χ4n) is 5.46. The van der Waals surface area contributed by atoms with E-state index in [-0.39, 0.29) is 18.0 Å². The zero-order valence-electron chi connectivity index (χ0n) is 21.2. The van der Waals surface area contributed by atoms with Crippen molar-refractivity contribution in [2.75, 3.05) is 26.2 Å². The fraction of sp³-hybridized carbons (Fsp3) is 0.519. The minimum atomic E-state index is -0.232. The van der Waals surface area contributed by atoms with Gasteiger partial charge < -0.3 is 14.8 Å². The molecule has 0 saturated carbocycles. The van der Waals surface area contributed by atoms with Gasteiger partial charge in [-0.15, -0.1) is 0 Å². The van der Waals surface area contributed by atoms with Crippen molar-refractivity contribution in [2.24, 2.45) is 11.8 Å². The van der Waals surface area contributed by atoms with Crippen LogP contribution in [-0.2, 0) is 17.9 Å². The molecule has 3 aromatic rings. The summed E-state index contributed by atoms with van der Waals surface area (Å²) < 4.78 is 3.38. The van der Waals surface area contributed by atoms with Gasteiger partial charge in [0.1, 0.15) is 6.54 Å². The van der Waals surface area contributed by atoms with Gasteiger partial charge in [0.2, 0.25) is 5.91 Å². The van der Waals surface area contributed by atoms with Crippen LogP contribution in [0, 0.1) is 25.7 Å². The standard InChI is InChI=1S/C27H36ClN5O2/c1-18-12-19(2)15-31(14-18)11-5-10-29-25(34)17-33-27(35)26-21(4)32(20(3)24(26)13-30-33)16-22-6-8-23(28)9-7-22/h6-9,13,18-19H,5,10-12,14-17H2,1-4H3,(H,29,34). The first kappa shape index (κ1) is 25.5. The highest BCUT2D eigenvalue weighted by atomic mass is 35.5. The Morgan fingerprint density at radius 1 is 1.11 bits per heavy atom. The summed E-state index contributed by atoms with van der Waals surface area (Å²) in [6, 6.07) is 7.70. The van der Waals surface area contributed by atoms with Gasteiger partial charge in [-0.05, 0) is 62.8 Å². The molecule has 188 valence electrons. The van der Waals surface area contributed by atoms with Crippen LogP contribution in [0.5, 0.6) is 0 Å². The molecule has 1 aliphatic heterocycles. The number of benzene rings is 1. The highest BCUT2D eigenvalue weighted by Crippen LogP contribution is 2.24. The Bertz CT molecular complexity index is 1240. The third-order valence-corrected chi connectivity index (χ3v) is 7.32. The van der Waals surface area contributed by atoms with Gasteiger partial charge in [0, 0.05) is 48.0 Å². The lowest BCUT2D eigenvalue weighted by Gasteiger charge is -2.34. The van der Waals surface area contributed by atoms with Crippen molar-refractivity contribution in [3.8, 4) is 0 Å². The maximum atomic E-state index is 13.2. The summed E-state index contributed by atoms with van der Waals surface area (Å²) in [6.07, 6.45) is 3.89. The number of nitrogens with zero attached hydrogens (tertiary/aromatic N) is 4. The number of aryl methyl sites for hydroxylation is 2. The van der Waals surface area contributed by atoms with Crippen LogP contribution in [-0.4, -0.2) is 51.3 Å². The molecule has 3 heterocycles. The summed E-state index contributed by atoms with van der Waals surface area (Å²) in [4.78, 5) is 28.3. The van der Waals surface area contributed by atoms with Gasteiger partial charge >= 0.3 is 0 Å². The lowest BCUT2D eigenvalue weighted by molar-refractivity contribution is -0.121. The highest BCUT2D eigenvalue weighted by Gasteiger charge is 2.21. The molecule has 0 aliphatic carbocycles. The van der Waals surface area contributed by atoms with E-state index < -0.39 is 0 Å². The molecule has 7 nitrogen and oxygen atoms in total. The molecule has 35 heavy (non-hydrogen) atoms. The molecule has 1 aromatic carbocycles. The first-order chi connectivity index (χ1) is 16.7. The van der Waals surface area contributed by atoms with E-state index in [1.165, 1.54) is 11.1 Å². The molecule has 2 aromatic heterocycles. The van der Waals surface area contributed by atoms with Crippen LogP contribution < -0.4 is 10.9 Å². The van der Waals surface area contributed by atoms with E-state index >= 15 is 0 Å². The number of piperidine rings is 1. The van der Waals surface area contributed by atoms with Crippen molar-refractivity contribution in [1.82, 2.24) is 24.6 Å². The number of likely N-dealkylation sites (tertiary alicyclic amines) is 1. The number of nitrogens with one attached hydrogen (secondary N) is 1. The van der Waals surface area contributed by atoms with E-state index in [4.69, 9.17) is 11.6 Å². The maximum absolute atomic E-state index is 13.2. The van der Waals surface area contributed by atoms with Gasteiger partial charge in [0.05, 0.1) is 11.6 Å². The number of amides is 1. The molecule has 0 spiro atoms. The summed E-state index contributed by atoms with van der Waals surface area (Å²) in [7, 11) is 0. The number of fused-ring (bicyclic) bond motifs is 1. The van der Waals surface area contributed by atoms with Crippen LogP contribution in [0.3, 0.4) is 0 Å². The summed E-state index contributed by atoms with van der Waals surface area (Å²) in [5, 5.41) is 9.39. The van der Waals surface area contributed by atoms with Gasteiger partial charge in [0.15, 0.2) is 0 Å². The summed E-state index contributed by atoms with van der Waals surface area (Å²) in [5.41, 5.74) is 2.72. The van der Waals surface area contributed by atoms with Gasteiger partial charge in [-0.3, -0.25) is 9.59 Å². The van der Waals surface area contributed by atoms with E-state index in [0.717, 1.165) is 60.2 Å². The molecule has 0 bridgehead atoms. The van der Waals surface area contributed by atoms with E-state index in [9.17, 15) is 9.59 Å². The second-order valence-electron chi connectivity index (χ2n) is 10.2. The zero-order valence-corrected chi connectivity index (χ0v) is 21.9. The minimum Gasteiger partial charge on any atom is -0.354 e. The Labute approximate surface area is 212 Å². The number of carbonyl (C=O) groups excluding carboxylic acids is 1. The molecular formula is C27H36ClN5O2. The Balaban J connectivity index is 1.39. The first-order valence-corrected chi connectivity index (χ1v) is 12.9. The van der Waals surface area contributed by atoms with Crippen LogP contribution in [0.15, 0.2) is 35.3 Å². The van der Waals surface area contributed by atoms with Crippen LogP contribution >= 0.6 is 11.6 Å². The number of aromatic nitrogens is 3. The van der Waals surface area contributed by atoms with Crippen molar-refractivity contribution >= 4 is 28.3 Å². The molecule has 4 rings (SSSR count). The minimum absolute atomic E-state index is 0.0760. The summed E-state index contributed by atoms with van der Waals surface area (Å²) >= 11 is 6.01. The van der Waals surface area contributed by atoms with Crippen molar-refractivity contribution in [3.63, 3.8) is 0 Å². The quantitative estimate of drug-likeness (QED) is 0.477. The Hall–Kier alpha value is -2.64. The van der Waals surface area contributed by atoms with Crippen LogP contribution in [0.25, 0.3) is 10.8 Å². The summed E-state index contributed by atoms with van der Waals surface area (Å²) in [5.74, 6) is 1.28. The molecule has 0 radical (unpaired) electrons. The smallest absolute Gasteiger partial charge is 0.276 e. The van der Waals surface area contributed by atoms with Gasteiger partial charge in [-0.2, -0.15) is 5.10 Å². The Kier molecular flexibility index (Phi) is 7.97. The molecule has 1 fully saturated rings. The molecule has 1 N–H and O–H groups in total. The van der Waals surface area contributed by atoms with Gasteiger partial charge in [-0.1, -0.05) is 37.6 Å². The zero-order chi connectivity index (χ0) is 25.1. The second-order valence-corrected chi connectivity index (χ2v) is 10.6. The first-order valence-electron chi connectivity index (χ1n) is 12.5. The number of hydrogen-bond donors (Lipinski definition) is 1. The van der Waals surface area contributed by atoms with Crippen molar-refractivity contribution < 1.29 is 4.79 Å². The van der Waals surface area contributed by atoms with E-state index in [1.54, 1.807) is 6.20 Å². The molecule has 2 unspecified atom stereocenters. The van der Waals surface area contributed by atoms with E-state index in [2.05, 4.69) is 33.7 Å². The third kappa shape index (κ3) is 5.96. The van der Waals surface area contributed by atoms with Crippen molar-refractivity contribution in [2.45, 2.75) is 53.6 Å². The third-order valence-electron chi connectivity index (χ3n) is 7.07. The van der Waals surface area contributed by atoms with E-state index in [0.29, 0.717) is 23.5 Å². The molecule has 2 atom stereocenters. The molecular weight excluding hydrogens is 462 g/mol. The molecule has 8 heteroatoms. The highest BCUT2D eigenvalue weighted by molar-refractivity contribution is 6.30. The predicted molar refractivity (Wildman–Crippen MR) is 141 cm³/mol. The average molecular weight is 498 g/mol. The number of carbonyl (C=O) groups is 1. The Morgan fingerprint density at radius 2 is 1.80 bits per heavy atom. The summed E-state index contributed by atoms with van der Waals surface area (Å²) in [6.45, 7) is 13.0. The van der Waals surface area contributed by atoms with Crippen LogP contribution in [0.2, 0.25) is 5.02 Å².